The zero-order chi connectivity index (χ0) is 22.3. The van der Waals surface area contributed by atoms with Gasteiger partial charge in [0, 0.05) is 36.4 Å². The van der Waals surface area contributed by atoms with Crippen LogP contribution in [-0.4, -0.2) is 29.3 Å². The molecule has 1 N–H and O–H groups in total. The van der Waals surface area contributed by atoms with Crippen LogP contribution in [0, 0.1) is 0 Å². The third kappa shape index (κ3) is 5.19. The fourth-order valence-corrected chi connectivity index (χ4v) is 4.10. The molecular formula is C26H28N2O4. The number of aromatic nitrogens is 1. The number of benzene rings is 2. The Bertz CT molecular complexity index is 1050. The Balaban J connectivity index is 1.72. The number of rotatable bonds is 8. The molecule has 2 aromatic carbocycles. The topological polar surface area (TPSA) is 71.9 Å². The van der Waals surface area contributed by atoms with Gasteiger partial charge in [-0.05, 0) is 67.6 Å². The van der Waals surface area contributed by atoms with Crippen molar-refractivity contribution >= 4 is 17.3 Å². The summed E-state index contributed by atoms with van der Waals surface area (Å²) in [6, 6.07) is 16.7. The van der Waals surface area contributed by atoms with E-state index >= 15 is 0 Å². The van der Waals surface area contributed by atoms with Gasteiger partial charge in [-0.3, -0.25) is 4.98 Å². The molecular weight excluding hydrogens is 404 g/mol. The van der Waals surface area contributed by atoms with Crippen LogP contribution in [0.4, 0.5) is 11.4 Å². The lowest BCUT2D eigenvalue weighted by molar-refractivity contribution is 0.0697. The Morgan fingerprint density at radius 2 is 1.84 bits per heavy atom. The highest BCUT2D eigenvalue weighted by molar-refractivity contribution is 5.89. The molecule has 1 aliphatic rings. The quantitative estimate of drug-likeness (QED) is 0.482. The molecule has 4 rings (SSSR count). The van der Waals surface area contributed by atoms with E-state index in [4.69, 9.17) is 9.47 Å². The molecule has 0 amide bonds. The molecule has 1 aliphatic carbocycles. The molecule has 6 nitrogen and oxygen atoms in total. The Labute approximate surface area is 188 Å². The van der Waals surface area contributed by atoms with Crippen LogP contribution in [0.1, 0.15) is 48.0 Å². The molecule has 1 aromatic heterocycles. The SMILES string of the molecule is COc1ccc(N(Cc2cccnc2)c2cccc(C(=O)O)c2)cc1OC1CCCCC1. The number of carboxylic acid groups (broad SMARTS) is 1. The summed E-state index contributed by atoms with van der Waals surface area (Å²) in [5.74, 6) is 0.451. The normalized spacial score (nSPS) is 14.0. The largest absolute Gasteiger partial charge is 0.493 e. The number of ether oxygens (including phenoxy) is 2. The monoisotopic (exact) mass is 432 g/mol. The lowest BCUT2D eigenvalue weighted by atomic mass is 9.98. The first-order valence-corrected chi connectivity index (χ1v) is 11.0. The summed E-state index contributed by atoms with van der Waals surface area (Å²) < 4.78 is 11.9. The van der Waals surface area contributed by atoms with Gasteiger partial charge in [-0.2, -0.15) is 0 Å². The Hall–Kier alpha value is -3.54. The van der Waals surface area contributed by atoms with Gasteiger partial charge in [0.05, 0.1) is 18.8 Å². The maximum atomic E-state index is 11.6. The lowest BCUT2D eigenvalue weighted by Gasteiger charge is -2.28. The molecule has 166 valence electrons. The number of aromatic carboxylic acids is 1. The second-order valence-corrected chi connectivity index (χ2v) is 8.02. The van der Waals surface area contributed by atoms with E-state index in [0.717, 1.165) is 29.8 Å². The number of nitrogens with zero attached hydrogens (tertiary/aromatic N) is 2. The molecule has 0 aliphatic heterocycles. The van der Waals surface area contributed by atoms with Gasteiger partial charge in [-0.25, -0.2) is 4.79 Å². The van der Waals surface area contributed by atoms with Crippen LogP contribution in [0.25, 0.3) is 0 Å². The average Bonchev–Trinajstić information content (AvgIpc) is 2.84. The summed E-state index contributed by atoms with van der Waals surface area (Å²) in [7, 11) is 1.65. The van der Waals surface area contributed by atoms with Crippen LogP contribution >= 0.6 is 0 Å². The van der Waals surface area contributed by atoms with Gasteiger partial charge in [0.1, 0.15) is 0 Å². The fourth-order valence-electron chi connectivity index (χ4n) is 4.10. The van der Waals surface area contributed by atoms with E-state index in [2.05, 4.69) is 9.88 Å². The second kappa shape index (κ2) is 10.2. The van der Waals surface area contributed by atoms with Gasteiger partial charge in [-0.1, -0.05) is 18.6 Å². The fraction of sp³-hybridized carbons (Fsp3) is 0.308. The van der Waals surface area contributed by atoms with Crippen LogP contribution in [0.5, 0.6) is 11.5 Å². The van der Waals surface area contributed by atoms with E-state index in [-0.39, 0.29) is 11.7 Å². The first-order valence-electron chi connectivity index (χ1n) is 11.0. The molecule has 3 aromatic rings. The first kappa shape index (κ1) is 21.7. The minimum absolute atomic E-state index is 0.190. The lowest BCUT2D eigenvalue weighted by Crippen LogP contribution is -2.21. The molecule has 6 heteroatoms. The van der Waals surface area contributed by atoms with Crippen molar-refractivity contribution in [3.05, 3.63) is 78.1 Å². The molecule has 0 unspecified atom stereocenters. The van der Waals surface area contributed by atoms with E-state index < -0.39 is 5.97 Å². The summed E-state index contributed by atoms with van der Waals surface area (Å²) in [5, 5.41) is 9.48. The highest BCUT2D eigenvalue weighted by atomic mass is 16.5. The van der Waals surface area contributed by atoms with Crippen LogP contribution in [0.2, 0.25) is 0 Å². The second-order valence-electron chi connectivity index (χ2n) is 8.02. The van der Waals surface area contributed by atoms with E-state index in [1.54, 1.807) is 31.5 Å². The van der Waals surface area contributed by atoms with Crippen LogP contribution in [0.3, 0.4) is 0 Å². The first-order chi connectivity index (χ1) is 15.6. The van der Waals surface area contributed by atoms with Crippen molar-refractivity contribution in [2.45, 2.75) is 44.8 Å². The minimum Gasteiger partial charge on any atom is -0.493 e. The van der Waals surface area contributed by atoms with Crippen molar-refractivity contribution in [2.24, 2.45) is 0 Å². The molecule has 0 saturated heterocycles. The van der Waals surface area contributed by atoms with Crippen molar-refractivity contribution in [3.8, 4) is 11.5 Å². The van der Waals surface area contributed by atoms with Crippen molar-refractivity contribution in [1.29, 1.82) is 0 Å². The number of methoxy groups -OCH3 is 1. The van der Waals surface area contributed by atoms with E-state index in [9.17, 15) is 9.90 Å². The molecule has 1 saturated carbocycles. The molecule has 0 radical (unpaired) electrons. The smallest absolute Gasteiger partial charge is 0.335 e. The van der Waals surface area contributed by atoms with Crippen LogP contribution in [0.15, 0.2) is 67.0 Å². The van der Waals surface area contributed by atoms with Gasteiger partial charge in [0.25, 0.3) is 0 Å². The maximum Gasteiger partial charge on any atom is 0.335 e. The molecule has 0 spiro atoms. The third-order valence-corrected chi connectivity index (χ3v) is 5.77. The Kier molecular flexibility index (Phi) is 6.90. The van der Waals surface area contributed by atoms with Crippen molar-refractivity contribution in [3.63, 3.8) is 0 Å². The van der Waals surface area contributed by atoms with Gasteiger partial charge >= 0.3 is 5.97 Å². The summed E-state index contributed by atoms with van der Waals surface area (Å²) in [4.78, 5) is 17.9. The average molecular weight is 433 g/mol. The molecule has 1 heterocycles. The standard InChI is InChI=1S/C26H28N2O4/c1-31-24-13-12-22(16-25(24)32-23-10-3-2-4-11-23)28(18-19-7-6-14-27-17-19)21-9-5-8-20(15-21)26(29)30/h5-9,12-17,23H,2-4,10-11,18H2,1H3,(H,29,30). The number of hydrogen-bond acceptors (Lipinski definition) is 5. The highest BCUT2D eigenvalue weighted by Crippen LogP contribution is 2.37. The number of hydrogen-bond donors (Lipinski definition) is 1. The third-order valence-electron chi connectivity index (χ3n) is 5.77. The predicted octanol–water partition coefficient (Wildman–Crippen LogP) is 5.84. The zero-order valence-electron chi connectivity index (χ0n) is 18.2. The zero-order valence-corrected chi connectivity index (χ0v) is 18.2. The van der Waals surface area contributed by atoms with E-state index in [1.807, 2.05) is 42.6 Å². The maximum absolute atomic E-state index is 11.6. The van der Waals surface area contributed by atoms with Gasteiger partial charge in [0.15, 0.2) is 11.5 Å². The molecule has 32 heavy (non-hydrogen) atoms. The molecule has 1 fully saturated rings. The van der Waals surface area contributed by atoms with Gasteiger partial charge < -0.3 is 19.5 Å². The van der Waals surface area contributed by atoms with E-state index in [1.165, 1.54) is 19.3 Å². The van der Waals surface area contributed by atoms with Gasteiger partial charge in [-0.15, -0.1) is 0 Å². The van der Waals surface area contributed by atoms with Crippen molar-refractivity contribution in [2.75, 3.05) is 12.0 Å². The van der Waals surface area contributed by atoms with Crippen molar-refractivity contribution < 1.29 is 19.4 Å². The number of carbonyl (C=O) groups is 1. The van der Waals surface area contributed by atoms with Crippen molar-refractivity contribution in [1.82, 2.24) is 4.98 Å². The highest BCUT2D eigenvalue weighted by Gasteiger charge is 2.20. The Morgan fingerprint density at radius 1 is 1.03 bits per heavy atom. The summed E-state index contributed by atoms with van der Waals surface area (Å²) in [6.45, 7) is 0.534. The minimum atomic E-state index is -0.954. The number of pyridine rings is 1. The Morgan fingerprint density at radius 3 is 2.56 bits per heavy atom. The van der Waals surface area contributed by atoms with E-state index in [0.29, 0.717) is 18.0 Å². The molecule has 0 bridgehead atoms. The summed E-state index contributed by atoms with van der Waals surface area (Å²) >= 11 is 0. The molecule has 0 atom stereocenters. The summed E-state index contributed by atoms with van der Waals surface area (Å²) in [5.41, 5.74) is 2.93. The van der Waals surface area contributed by atoms with Crippen LogP contribution in [-0.2, 0) is 6.54 Å². The van der Waals surface area contributed by atoms with Crippen LogP contribution < -0.4 is 14.4 Å². The number of carboxylic acids is 1. The van der Waals surface area contributed by atoms with Gasteiger partial charge in [0.2, 0.25) is 0 Å². The summed E-state index contributed by atoms with van der Waals surface area (Å²) in [6.07, 6.45) is 9.47. The predicted molar refractivity (Wildman–Crippen MR) is 124 cm³/mol. The number of anilines is 2.